The van der Waals surface area contributed by atoms with Crippen molar-refractivity contribution in [2.45, 2.75) is 13.3 Å². The third-order valence-corrected chi connectivity index (χ3v) is 5.95. The molecule has 1 aromatic heterocycles. The van der Waals surface area contributed by atoms with Crippen molar-refractivity contribution in [3.8, 4) is 0 Å². The highest BCUT2D eigenvalue weighted by Gasteiger charge is 2.23. The van der Waals surface area contributed by atoms with E-state index in [1.807, 2.05) is 37.3 Å². The van der Waals surface area contributed by atoms with Crippen molar-refractivity contribution in [3.63, 3.8) is 0 Å². The number of nitro groups is 1. The first kappa shape index (κ1) is 21.3. The van der Waals surface area contributed by atoms with Crippen LogP contribution in [0.3, 0.4) is 0 Å². The van der Waals surface area contributed by atoms with Crippen molar-refractivity contribution in [3.05, 3.63) is 69.4 Å². The Morgan fingerprint density at radius 1 is 1.13 bits per heavy atom. The van der Waals surface area contributed by atoms with Gasteiger partial charge < -0.3 is 10.2 Å². The quantitative estimate of drug-likeness (QED) is 0.326. The summed E-state index contributed by atoms with van der Waals surface area (Å²) in [6.07, 6.45) is 2.81. The van der Waals surface area contributed by atoms with E-state index in [1.54, 1.807) is 18.3 Å². The number of piperazine rings is 1. The SMILES string of the molecule is Cc1ccc([N+](=O)[O-])c(N2CCN(CCCNc3ccnc4cc(Cl)ccc34)CC2)c1. The number of hydrogen-bond donors (Lipinski definition) is 1. The lowest BCUT2D eigenvalue weighted by Crippen LogP contribution is -2.47. The standard InChI is InChI=1S/C23H26ClN5O2/c1-17-3-6-22(29(30)31)23(15-17)28-13-11-27(12-14-28)10-2-8-25-20-7-9-26-21-16-18(24)4-5-19(20)21/h3-7,9,15-16H,2,8,10-14H2,1H3,(H,25,26). The number of rotatable bonds is 7. The molecule has 7 nitrogen and oxygen atoms in total. The Bertz CT molecular complexity index is 1080. The van der Waals surface area contributed by atoms with Crippen molar-refractivity contribution in [1.29, 1.82) is 0 Å². The molecule has 162 valence electrons. The first-order chi connectivity index (χ1) is 15.0. The molecule has 0 bridgehead atoms. The summed E-state index contributed by atoms with van der Waals surface area (Å²) in [5.74, 6) is 0. The molecule has 0 radical (unpaired) electrons. The maximum absolute atomic E-state index is 11.4. The Kier molecular flexibility index (Phi) is 6.53. The lowest BCUT2D eigenvalue weighted by Gasteiger charge is -2.36. The number of aromatic nitrogens is 1. The smallest absolute Gasteiger partial charge is 0.292 e. The predicted octanol–water partition coefficient (Wildman–Crippen LogP) is 4.73. The predicted molar refractivity (Wildman–Crippen MR) is 126 cm³/mol. The van der Waals surface area contributed by atoms with Gasteiger partial charge in [-0.05, 0) is 55.8 Å². The maximum atomic E-state index is 11.4. The molecule has 1 fully saturated rings. The minimum absolute atomic E-state index is 0.189. The molecule has 0 atom stereocenters. The zero-order chi connectivity index (χ0) is 21.8. The molecule has 1 saturated heterocycles. The summed E-state index contributed by atoms with van der Waals surface area (Å²) in [5, 5.41) is 16.7. The van der Waals surface area contributed by atoms with Gasteiger partial charge in [0.05, 0.1) is 10.4 Å². The van der Waals surface area contributed by atoms with E-state index in [0.717, 1.165) is 73.5 Å². The number of fused-ring (bicyclic) bond motifs is 1. The fraction of sp³-hybridized carbons (Fsp3) is 0.348. The molecule has 1 N–H and O–H groups in total. The van der Waals surface area contributed by atoms with Crippen LogP contribution in [0.5, 0.6) is 0 Å². The molecule has 0 saturated carbocycles. The van der Waals surface area contributed by atoms with Gasteiger partial charge in [0, 0.05) is 61.1 Å². The van der Waals surface area contributed by atoms with E-state index < -0.39 is 0 Å². The second kappa shape index (κ2) is 9.49. The molecule has 0 spiro atoms. The van der Waals surface area contributed by atoms with Crippen LogP contribution in [0.2, 0.25) is 5.02 Å². The number of halogens is 1. The molecule has 0 amide bonds. The third kappa shape index (κ3) is 5.06. The maximum Gasteiger partial charge on any atom is 0.292 e. The number of benzene rings is 2. The second-order valence-electron chi connectivity index (χ2n) is 7.88. The largest absolute Gasteiger partial charge is 0.384 e. The molecule has 0 aliphatic carbocycles. The zero-order valence-electron chi connectivity index (χ0n) is 17.6. The summed E-state index contributed by atoms with van der Waals surface area (Å²) in [5.41, 5.74) is 3.92. The van der Waals surface area contributed by atoms with Crippen molar-refractivity contribution in [1.82, 2.24) is 9.88 Å². The zero-order valence-corrected chi connectivity index (χ0v) is 18.3. The second-order valence-corrected chi connectivity index (χ2v) is 8.31. The van der Waals surface area contributed by atoms with E-state index in [1.165, 1.54) is 0 Å². The van der Waals surface area contributed by atoms with Crippen LogP contribution in [0, 0.1) is 17.0 Å². The Morgan fingerprint density at radius 2 is 1.94 bits per heavy atom. The minimum atomic E-state index is -0.288. The van der Waals surface area contributed by atoms with Crippen molar-refractivity contribution in [2.24, 2.45) is 0 Å². The first-order valence-corrected chi connectivity index (χ1v) is 10.9. The van der Waals surface area contributed by atoms with Gasteiger partial charge in [0.25, 0.3) is 5.69 Å². The van der Waals surface area contributed by atoms with Crippen LogP contribution in [0.15, 0.2) is 48.7 Å². The lowest BCUT2D eigenvalue weighted by molar-refractivity contribution is -0.384. The molecule has 1 aliphatic heterocycles. The molecule has 8 heteroatoms. The summed E-state index contributed by atoms with van der Waals surface area (Å²) in [7, 11) is 0. The molecule has 3 aromatic rings. The number of nitro benzene ring substituents is 1. The Balaban J connectivity index is 1.27. The Labute approximate surface area is 186 Å². The molecule has 2 heterocycles. The molecule has 0 unspecified atom stereocenters. The lowest BCUT2D eigenvalue weighted by atomic mass is 10.1. The van der Waals surface area contributed by atoms with E-state index in [2.05, 4.69) is 20.1 Å². The van der Waals surface area contributed by atoms with Crippen LogP contribution in [0.1, 0.15) is 12.0 Å². The number of nitrogens with zero attached hydrogens (tertiary/aromatic N) is 4. The Morgan fingerprint density at radius 3 is 2.71 bits per heavy atom. The molecular formula is C23H26ClN5O2. The van der Waals surface area contributed by atoms with E-state index in [9.17, 15) is 10.1 Å². The van der Waals surface area contributed by atoms with Gasteiger partial charge in [-0.2, -0.15) is 0 Å². The summed E-state index contributed by atoms with van der Waals surface area (Å²) in [6, 6.07) is 13.1. The molecule has 31 heavy (non-hydrogen) atoms. The van der Waals surface area contributed by atoms with Crippen molar-refractivity contribution in [2.75, 3.05) is 49.5 Å². The van der Waals surface area contributed by atoms with Gasteiger partial charge in [-0.15, -0.1) is 0 Å². The summed E-state index contributed by atoms with van der Waals surface area (Å²) in [4.78, 5) is 20.0. The summed E-state index contributed by atoms with van der Waals surface area (Å²) >= 11 is 6.06. The fourth-order valence-electron chi connectivity index (χ4n) is 4.05. The monoisotopic (exact) mass is 439 g/mol. The number of anilines is 2. The number of nitrogens with one attached hydrogen (secondary N) is 1. The molecule has 2 aromatic carbocycles. The van der Waals surface area contributed by atoms with E-state index in [-0.39, 0.29) is 10.6 Å². The first-order valence-electron chi connectivity index (χ1n) is 10.5. The van der Waals surface area contributed by atoms with Crippen molar-refractivity contribution < 1.29 is 4.92 Å². The average Bonchev–Trinajstić information content (AvgIpc) is 2.76. The number of pyridine rings is 1. The fourth-order valence-corrected chi connectivity index (χ4v) is 4.22. The van der Waals surface area contributed by atoms with Crippen LogP contribution < -0.4 is 10.2 Å². The third-order valence-electron chi connectivity index (χ3n) is 5.71. The molecular weight excluding hydrogens is 414 g/mol. The summed E-state index contributed by atoms with van der Waals surface area (Å²) < 4.78 is 0. The van der Waals surface area contributed by atoms with Gasteiger partial charge in [0.1, 0.15) is 5.69 Å². The van der Waals surface area contributed by atoms with Gasteiger partial charge in [0.15, 0.2) is 0 Å². The van der Waals surface area contributed by atoms with Crippen LogP contribution in [0.25, 0.3) is 10.9 Å². The topological polar surface area (TPSA) is 74.5 Å². The normalized spacial score (nSPS) is 14.7. The van der Waals surface area contributed by atoms with Gasteiger partial charge in [-0.1, -0.05) is 17.7 Å². The highest BCUT2D eigenvalue weighted by atomic mass is 35.5. The van der Waals surface area contributed by atoms with Crippen LogP contribution in [-0.4, -0.2) is 54.1 Å². The highest BCUT2D eigenvalue weighted by Crippen LogP contribution is 2.30. The summed E-state index contributed by atoms with van der Waals surface area (Å²) in [6.45, 7) is 7.23. The Hall–Kier alpha value is -2.90. The average molecular weight is 440 g/mol. The number of aryl methyl sites for hydroxylation is 1. The van der Waals surface area contributed by atoms with Crippen LogP contribution >= 0.6 is 11.6 Å². The van der Waals surface area contributed by atoms with Gasteiger partial charge in [0.2, 0.25) is 0 Å². The molecule has 4 rings (SSSR count). The molecule has 1 aliphatic rings. The van der Waals surface area contributed by atoms with E-state index >= 15 is 0 Å². The minimum Gasteiger partial charge on any atom is -0.384 e. The van der Waals surface area contributed by atoms with Gasteiger partial charge in [-0.3, -0.25) is 20.0 Å². The van der Waals surface area contributed by atoms with Gasteiger partial charge >= 0.3 is 0 Å². The van der Waals surface area contributed by atoms with Crippen LogP contribution in [0.4, 0.5) is 17.1 Å². The van der Waals surface area contributed by atoms with Crippen molar-refractivity contribution >= 4 is 39.6 Å². The van der Waals surface area contributed by atoms with Gasteiger partial charge in [-0.25, -0.2) is 0 Å². The van der Waals surface area contributed by atoms with E-state index in [0.29, 0.717) is 5.02 Å². The number of hydrogen-bond acceptors (Lipinski definition) is 6. The highest BCUT2D eigenvalue weighted by molar-refractivity contribution is 6.31. The van der Waals surface area contributed by atoms with Crippen LogP contribution in [-0.2, 0) is 0 Å². The van der Waals surface area contributed by atoms with E-state index in [4.69, 9.17) is 11.6 Å².